The van der Waals surface area contributed by atoms with Crippen molar-refractivity contribution in [2.45, 2.75) is 25.9 Å². The highest BCUT2D eigenvalue weighted by Gasteiger charge is 2.27. The highest BCUT2D eigenvalue weighted by Crippen LogP contribution is 2.27. The first-order valence-corrected chi connectivity index (χ1v) is 9.77. The van der Waals surface area contributed by atoms with Crippen molar-refractivity contribution in [2.24, 2.45) is 0 Å². The van der Waals surface area contributed by atoms with Crippen LogP contribution >= 0.6 is 0 Å². The van der Waals surface area contributed by atoms with Crippen LogP contribution < -0.4 is 9.47 Å². The number of piperidine rings is 1. The molecular weight excluding hydrogens is 366 g/mol. The molecule has 1 aromatic heterocycles. The third-order valence-electron chi connectivity index (χ3n) is 4.81. The number of hydrogen-bond acceptors (Lipinski definition) is 5. The first-order chi connectivity index (χ1) is 14.2. The van der Waals surface area contributed by atoms with E-state index in [4.69, 9.17) is 9.47 Å². The molecule has 1 aliphatic heterocycles. The molecule has 1 fully saturated rings. The molecule has 0 radical (unpaired) electrons. The van der Waals surface area contributed by atoms with Gasteiger partial charge in [0.2, 0.25) is 5.88 Å². The molecule has 1 unspecified atom stereocenters. The monoisotopic (exact) mass is 389 g/mol. The zero-order valence-electron chi connectivity index (χ0n) is 16.3. The Kier molecular flexibility index (Phi) is 5.70. The van der Waals surface area contributed by atoms with Gasteiger partial charge in [0.05, 0.1) is 17.8 Å². The lowest BCUT2D eigenvalue weighted by molar-refractivity contribution is 0.0523. The summed E-state index contributed by atoms with van der Waals surface area (Å²) in [6, 6.07) is 20.5. The molecule has 1 aliphatic rings. The molecule has 6 nitrogen and oxygen atoms in total. The lowest BCUT2D eigenvalue weighted by Gasteiger charge is -2.32. The average Bonchev–Trinajstić information content (AvgIpc) is 2.76. The second-order valence-corrected chi connectivity index (χ2v) is 7.06. The van der Waals surface area contributed by atoms with Crippen molar-refractivity contribution in [3.8, 4) is 17.4 Å². The van der Waals surface area contributed by atoms with Crippen molar-refractivity contribution >= 4 is 5.91 Å². The van der Waals surface area contributed by atoms with E-state index >= 15 is 0 Å². The second-order valence-electron chi connectivity index (χ2n) is 7.06. The molecule has 29 heavy (non-hydrogen) atoms. The number of ether oxygens (including phenoxy) is 2. The van der Waals surface area contributed by atoms with Crippen LogP contribution in [0.25, 0.3) is 0 Å². The fraction of sp³-hybridized carbons (Fsp3) is 0.261. The number of benzene rings is 2. The average molecular weight is 389 g/mol. The quantitative estimate of drug-likeness (QED) is 0.652. The summed E-state index contributed by atoms with van der Waals surface area (Å²) in [5, 5.41) is 8.09. The summed E-state index contributed by atoms with van der Waals surface area (Å²) in [5.74, 6) is 1.68. The van der Waals surface area contributed by atoms with Crippen LogP contribution in [-0.2, 0) is 0 Å². The number of amides is 1. The first-order valence-electron chi connectivity index (χ1n) is 9.77. The van der Waals surface area contributed by atoms with E-state index in [2.05, 4.69) is 10.2 Å². The number of para-hydroxylation sites is 2. The smallest absolute Gasteiger partial charge is 0.257 e. The minimum Gasteiger partial charge on any atom is -0.471 e. The zero-order valence-corrected chi connectivity index (χ0v) is 16.3. The summed E-state index contributed by atoms with van der Waals surface area (Å²) in [6.45, 7) is 3.08. The van der Waals surface area contributed by atoms with Gasteiger partial charge in [0.1, 0.15) is 17.6 Å². The van der Waals surface area contributed by atoms with Gasteiger partial charge in [-0.3, -0.25) is 4.79 Å². The van der Waals surface area contributed by atoms with Crippen LogP contribution in [0.15, 0.2) is 66.7 Å². The number of carbonyl (C=O) groups excluding carboxylic acids is 1. The summed E-state index contributed by atoms with van der Waals surface area (Å²) in [7, 11) is 0. The van der Waals surface area contributed by atoms with Gasteiger partial charge < -0.3 is 14.4 Å². The van der Waals surface area contributed by atoms with Gasteiger partial charge in [-0.1, -0.05) is 30.3 Å². The highest BCUT2D eigenvalue weighted by atomic mass is 16.5. The largest absolute Gasteiger partial charge is 0.471 e. The molecule has 4 rings (SSSR count). The number of likely N-dealkylation sites (tertiary alicyclic amines) is 1. The molecular formula is C23H23N3O3. The predicted molar refractivity (Wildman–Crippen MR) is 109 cm³/mol. The fourth-order valence-corrected chi connectivity index (χ4v) is 3.36. The second kappa shape index (κ2) is 8.73. The van der Waals surface area contributed by atoms with Crippen LogP contribution in [0.3, 0.4) is 0 Å². The van der Waals surface area contributed by atoms with Crippen molar-refractivity contribution in [3.05, 3.63) is 78.0 Å². The van der Waals surface area contributed by atoms with Gasteiger partial charge in [0.15, 0.2) is 0 Å². The van der Waals surface area contributed by atoms with E-state index in [0.29, 0.717) is 36.0 Å². The molecule has 2 heterocycles. The lowest BCUT2D eigenvalue weighted by atomic mass is 10.1. The summed E-state index contributed by atoms with van der Waals surface area (Å²) < 4.78 is 11.9. The fourth-order valence-electron chi connectivity index (χ4n) is 3.36. The molecule has 6 heteroatoms. The van der Waals surface area contributed by atoms with Crippen molar-refractivity contribution in [2.75, 3.05) is 13.1 Å². The Hall–Kier alpha value is -3.41. The Labute approximate surface area is 170 Å². The van der Waals surface area contributed by atoms with Gasteiger partial charge >= 0.3 is 0 Å². The van der Waals surface area contributed by atoms with Gasteiger partial charge in [0.25, 0.3) is 5.91 Å². The Balaban J connectivity index is 1.47. The van der Waals surface area contributed by atoms with Crippen LogP contribution in [0, 0.1) is 6.92 Å². The van der Waals surface area contributed by atoms with Gasteiger partial charge in [0, 0.05) is 12.6 Å². The summed E-state index contributed by atoms with van der Waals surface area (Å²) in [4.78, 5) is 15.0. The van der Waals surface area contributed by atoms with Crippen molar-refractivity contribution in [1.29, 1.82) is 0 Å². The van der Waals surface area contributed by atoms with Crippen molar-refractivity contribution < 1.29 is 14.3 Å². The van der Waals surface area contributed by atoms with Crippen LogP contribution in [0.5, 0.6) is 17.4 Å². The third-order valence-corrected chi connectivity index (χ3v) is 4.81. The van der Waals surface area contributed by atoms with E-state index < -0.39 is 0 Å². The number of nitrogens with zero attached hydrogens (tertiary/aromatic N) is 3. The Morgan fingerprint density at radius 2 is 1.79 bits per heavy atom. The van der Waals surface area contributed by atoms with Gasteiger partial charge in [-0.15, -0.1) is 5.10 Å². The van der Waals surface area contributed by atoms with E-state index in [1.54, 1.807) is 6.07 Å². The minimum atomic E-state index is -0.105. The number of hydrogen-bond donors (Lipinski definition) is 0. The SMILES string of the molecule is Cc1ccc(OC2CCCN(C(=O)c3ccccc3Oc3ccccc3)C2)nn1. The Morgan fingerprint density at radius 1 is 1.00 bits per heavy atom. The molecule has 0 bridgehead atoms. The first kappa shape index (κ1) is 18.9. The number of rotatable bonds is 5. The maximum atomic E-state index is 13.2. The molecule has 0 aliphatic carbocycles. The molecule has 3 aromatic rings. The molecule has 2 aromatic carbocycles. The molecule has 0 N–H and O–H groups in total. The zero-order chi connectivity index (χ0) is 20.1. The van der Waals surface area contributed by atoms with Crippen LogP contribution in [0.4, 0.5) is 0 Å². The molecule has 0 spiro atoms. The van der Waals surface area contributed by atoms with Gasteiger partial charge in [-0.25, -0.2) is 0 Å². The summed E-state index contributed by atoms with van der Waals surface area (Å²) in [5.41, 5.74) is 1.39. The van der Waals surface area contributed by atoms with Gasteiger partial charge in [-0.2, -0.15) is 5.10 Å². The van der Waals surface area contributed by atoms with Crippen molar-refractivity contribution in [3.63, 3.8) is 0 Å². The minimum absolute atomic E-state index is 0.0557. The molecule has 1 saturated heterocycles. The van der Waals surface area contributed by atoms with Gasteiger partial charge in [-0.05, 0) is 50.1 Å². The summed E-state index contributed by atoms with van der Waals surface area (Å²) in [6.07, 6.45) is 1.64. The normalized spacial score (nSPS) is 16.3. The highest BCUT2D eigenvalue weighted by molar-refractivity contribution is 5.97. The molecule has 148 valence electrons. The topological polar surface area (TPSA) is 64.5 Å². The summed E-state index contributed by atoms with van der Waals surface area (Å²) >= 11 is 0. The van der Waals surface area contributed by atoms with E-state index in [1.165, 1.54) is 0 Å². The molecule has 1 amide bonds. The number of aromatic nitrogens is 2. The predicted octanol–water partition coefficient (Wildman–Crippen LogP) is 4.26. The van der Waals surface area contributed by atoms with Crippen LogP contribution in [0.1, 0.15) is 28.9 Å². The number of aryl methyl sites for hydroxylation is 1. The van der Waals surface area contributed by atoms with Crippen molar-refractivity contribution in [1.82, 2.24) is 15.1 Å². The number of carbonyl (C=O) groups is 1. The van der Waals surface area contributed by atoms with Crippen LogP contribution in [0.2, 0.25) is 0 Å². The Bertz CT molecular complexity index is 961. The van der Waals surface area contributed by atoms with Crippen LogP contribution in [-0.4, -0.2) is 40.2 Å². The molecule has 1 atom stereocenters. The molecule has 0 saturated carbocycles. The maximum absolute atomic E-state index is 13.2. The third kappa shape index (κ3) is 4.71. The van der Waals surface area contributed by atoms with E-state index in [-0.39, 0.29) is 12.0 Å². The van der Waals surface area contributed by atoms with E-state index in [0.717, 1.165) is 18.5 Å². The Morgan fingerprint density at radius 3 is 2.59 bits per heavy atom. The lowest BCUT2D eigenvalue weighted by Crippen LogP contribution is -2.44. The van der Waals surface area contributed by atoms with E-state index in [9.17, 15) is 4.79 Å². The van der Waals surface area contributed by atoms with E-state index in [1.807, 2.05) is 72.5 Å². The maximum Gasteiger partial charge on any atom is 0.257 e. The standard InChI is InChI=1S/C23H23N3O3/c1-17-13-14-22(25-24-17)29-19-10-7-15-26(16-19)23(27)20-11-5-6-12-21(20)28-18-8-3-2-4-9-18/h2-6,8-9,11-14,19H,7,10,15-16H2,1H3.